The number of carbonyl (C=O) groups is 1. The largest absolute Gasteiger partial charge is 0.353 e. The summed E-state index contributed by atoms with van der Waals surface area (Å²) < 4.78 is 0. The molecule has 0 rings (SSSR count). The number of hydrogen-bond donors (Lipinski definition) is 2. The molecule has 0 fully saturated rings. The van der Waals surface area contributed by atoms with Crippen LogP contribution in [0.3, 0.4) is 0 Å². The number of nitrogens with two attached hydrogens (primary N) is 1. The Morgan fingerprint density at radius 2 is 1.93 bits per heavy atom. The van der Waals surface area contributed by atoms with Crippen LogP contribution in [0.2, 0.25) is 0 Å². The van der Waals surface area contributed by atoms with Gasteiger partial charge in [-0.15, -0.1) is 0 Å². The first-order valence-electron chi connectivity index (χ1n) is 5.84. The summed E-state index contributed by atoms with van der Waals surface area (Å²) in [7, 11) is 0. The molecule has 0 saturated heterocycles. The molecule has 0 bridgehead atoms. The maximum atomic E-state index is 11.8. The fourth-order valence-electron chi connectivity index (χ4n) is 1.34. The average Bonchev–Trinajstić information content (AvgIpc) is 2.17. The van der Waals surface area contributed by atoms with Gasteiger partial charge in [-0.3, -0.25) is 4.79 Å². The molecule has 2 atom stereocenters. The van der Waals surface area contributed by atoms with E-state index >= 15 is 0 Å². The monoisotopic (exact) mass is 214 g/mol. The highest BCUT2D eigenvalue weighted by Crippen LogP contribution is 2.15. The molecule has 90 valence electrons. The van der Waals surface area contributed by atoms with Crippen LogP contribution in [-0.2, 0) is 4.79 Å². The van der Waals surface area contributed by atoms with Crippen molar-refractivity contribution in [2.24, 2.45) is 17.1 Å². The van der Waals surface area contributed by atoms with Crippen LogP contribution in [0.4, 0.5) is 0 Å². The molecular weight excluding hydrogens is 188 g/mol. The highest BCUT2D eigenvalue weighted by atomic mass is 16.2. The van der Waals surface area contributed by atoms with E-state index in [4.69, 9.17) is 5.73 Å². The van der Waals surface area contributed by atoms with E-state index in [9.17, 15) is 4.79 Å². The number of carbonyl (C=O) groups excluding carboxylic acids is 1. The molecule has 0 aliphatic carbocycles. The van der Waals surface area contributed by atoms with Crippen molar-refractivity contribution in [2.75, 3.05) is 6.54 Å². The van der Waals surface area contributed by atoms with Gasteiger partial charge >= 0.3 is 0 Å². The molecule has 15 heavy (non-hydrogen) atoms. The van der Waals surface area contributed by atoms with Crippen molar-refractivity contribution >= 4 is 5.91 Å². The standard InChI is InChI=1S/C12H26N2O/c1-6-9(2)7-10(3)14-11(15)12(4,5)8-13/h9-10H,6-8,13H2,1-5H3,(H,14,15). The predicted molar refractivity (Wildman–Crippen MR) is 64.5 cm³/mol. The van der Waals surface area contributed by atoms with Crippen LogP contribution in [0.15, 0.2) is 0 Å². The molecule has 0 aromatic carbocycles. The van der Waals surface area contributed by atoms with E-state index in [1.165, 1.54) is 0 Å². The van der Waals surface area contributed by atoms with Crippen molar-refractivity contribution in [1.29, 1.82) is 0 Å². The third-order valence-electron chi connectivity index (χ3n) is 2.96. The molecule has 1 amide bonds. The minimum Gasteiger partial charge on any atom is -0.353 e. The molecule has 0 aliphatic rings. The summed E-state index contributed by atoms with van der Waals surface area (Å²) in [6.45, 7) is 10.6. The third kappa shape index (κ3) is 5.17. The Morgan fingerprint density at radius 1 is 1.40 bits per heavy atom. The van der Waals surface area contributed by atoms with Gasteiger partial charge in [0.05, 0.1) is 5.41 Å². The first-order valence-corrected chi connectivity index (χ1v) is 5.84. The number of rotatable bonds is 6. The van der Waals surface area contributed by atoms with E-state index in [1.54, 1.807) is 0 Å². The van der Waals surface area contributed by atoms with Crippen molar-refractivity contribution in [3.8, 4) is 0 Å². The number of amides is 1. The van der Waals surface area contributed by atoms with E-state index in [0.29, 0.717) is 12.5 Å². The van der Waals surface area contributed by atoms with E-state index in [2.05, 4.69) is 26.1 Å². The van der Waals surface area contributed by atoms with Gasteiger partial charge in [-0.1, -0.05) is 20.3 Å². The zero-order chi connectivity index (χ0) is 12.1. The van der Waals surface area contributed by atoms with Gasteiger partial charge in [-0.05, 0) is 33.1 Å². The van der Waals surface area contributed by atoms with Gasteiger partial charge in [0.1, 0.15) is 0 Å². The first-order chi connectivity index (χ1) is 6.83. The zero-order valence-electron chi connectivity index (χ0n) is 10.8. The Labute approximate surface area is 93.8 Å². The van der Waals surface area contributed by atoms with Gasteiger partial charge in [0.25, 0.3) is 0 Å². The lowest BCUT2D eigenvalue weighted by atomic mass is 9.91. The first kappa shape index (κ1) is 14.4. The molecular formula is C12H26N2O. The topological polar surface area (TPSA) is 55.1 Å². The van der Waals surface area contributed by atoms with Gasteiger partial charge in [-0.2, -0.15) is 0 Å². The van der Waals surface area contributed by atoms with Crippen LogP contribution in [-0.4, -0.2) is 18.5 Å². The highest BCUT2D eigenvalue weighted by molar-refractivity contribution is 5.82. The second kappa shape index (κ2) is 6.11. The molecule has 0 spiro atoms. The lowest BCUT2D eigenvalue weighted by Gasteiger charge is -2.25. The second-order valence-electron chi connectivity index (χ2n) is 5.21. The van der Waals surface area contributed by atoms with Gasteiger partial charge in [0.2, 0.25) is 5.91 Å². The summed E-state index contributed by atoms with van der Waals surface area (Å²) in [5, 5.41) is 3.02. The molecule has 3 N–H and O–H groups in total. The molecule has 0 radical (unpaired) electrons. The zero-order valence-corrected chi connectivity index (χ0v) is 10.8. The van der Waals surface area contributed by atoms with Crippen molar-refractivity contribution in [2.45, 2.75) is 53.5 Å². The molecule has 3 heteroatoms. The lowest BCUT2D eigenvalue weighted by Crippen LogP contribution is -2.45. The summed E-state index contributed by atoms with van der Waals surface area (Å²) >= 11 is 0. The van der Waals surface area contributed by atoms with Crippen molar-refractivity contribution in [3.05, 3.63) is 0 Å². The summed E-state index contributed by atoms with van der Waals surface area (Å²) in [6.07, 6.45) is 2.18. The summed E-state index contributed by atoms with van der Waals surface area (Å²) in [6, 6.07) is 0.235. The van der Waals surface area contributed by atoms with Gasteiger partial charge in [0, 0.05) is 12.6 Å². The highest BCUT2D eigenvalue weighted by Gasteiger charge is 2.26. The molecule has 0 aromatic heterocycles. The lowest BCUT2D eigenvalue weighted by molar-refractivity contribution is -0.129. The van der Waals surface area contributed by atoms with Crippen LogP contribution in [0.5, 0.6) is 0 Å². The van der Waals surface area contributed by atoms with Gasteiger partial charge in [-0.25, -0.2) is 0 Å². The van der Waals surface area contributed by atoms with Crippen molar-refractivity contribution in [3.63, 3.8) is 0 Å². The van der Waals surface area contributed by atoms with Crippen LogP contribution in [0.1, 0.15) is 47.5 Å². The van der Waals surface area contributed by atoms with E-state index in [1.807, 2.05) is 13.8 Å². The number of nitrogens with one attached hydrogen (secondary N) is 1. The Hall–Kier alpha value is -0.570. The fourth-order valence-corrected chi connectivity index (χ4v) is 1.34. The maximum Gasteiger partial charge on any atom is 0.227 e. The quantitative estimate of drug-likeness (QED) is 0.709. The van der Waals surface area contributed by atoms with Crippen molar-refractivity contribution in [1.82, 2.24) is 5.32 Å². The number of hydrogen-bond acceptors (Lipinski definition) is 2. The maximum absolute atomic E-state index is 11.8. The van der Waals surface area contributed by atoms with Gasteiger partial charge < -0.3 is 11.1 Å². The summed E-state index contributed by atoms with van der Waals surface area (Å²) in [5.41, 5.74) is 5.09. The SMILES string of the molecule is CCC(C)CC(C)NC(=O)C(C)(C)CN. The average molecular weight is 214 g/mol. The normalized spacial score (nSPS) is 15.9. The Kier molecular flexibility index (Phi) is 5.88. The minimum absolute atomic E-state index is 0.0563. The van der Waals surface area contributed by atoms with Crippen LogP contribution >= 0.6 is 0 Å². The molecule has 0 aromatic rings. The van der Waals surface area contributed by atoms with E-state index in [-0.39, 0.29) is 11.9 Å². The minimum atomic E-state index is -0.455. The third-order valence-corrected chi connectivity index (χ3v) is 2.96. The van der Waals surface area contributed by atoms with E-state index < -0.39 is 5.41 Å². The summed E-state index contributed by atoms with van der Waals surface area (Å²) in [5.74, 6) is 0.710. The van der Waals surface area contributed by atoms with Crippen LogP contribution in [0.25, 0.3) is 0 Å². The smallest absolute Gasteiger partial charge is 0.227 e. The van der Waals surface area contributed by atoms with Crippen LogP contribution in [0, 0.1) is 11.3 Å². The molecule has 2 unspecified atom stereocenters. The summed E-state index contributed by atoms with van der Waals surface area (Å²) in [4.78, 5) is 11.8. The Bertz CT molecular complexity index is 202. The second-order valence-corrected chi connectivity index (χ2v) is 5.21. The molecule has 3 nitrogen and oxygen atoms in total. The van der Waals surface area contributed by atoms with Gasteiger partial charge in [0.15, 0.2) is 0 Å². The molecule has 0 aliphatic heterocycles. The molecule has 0 saturated carbocycles. The predicted octanol–water partition coefficient (Wildman–Crippen LogP) is 1.91. The Balaban J connectivity index is 4.07. The fraction of sp³-hybridized carbons (Fsp3) is 0.917. The van der Waals surface area contributed by atoms with Crippen LogP contribution < -0.4 is 11.1 Å². The Morgan fingerprint density at radius 3 is 2.33 bits per heavy atom. The van der Waals surface area contributed by atoms with E-state index in [0.717, 1.165) is 12.8 Å². The molecule has 0 heterocycles. The van der Waals surface area contributed by atoms with Crippen molar-refractivity contribution < 1.29 is 4.79 Å².